The lowest BCUT2D eigenvalue weighted by Crippen LogP contribution is -2.34. The number of carbonyl (C=O) groups is 3. The summed E-state index contributed by atoms with van der Waals surface area (Å²) < 4.78 is 12.3. The second kappa shape index (κ2) is 9.63. The number of amides is 3. The molecule has 0 bridgehead atoms. The van der Waals surface area contributed by atoms with Gasteiger partial charge in [0.1, 0.15) is 13.2 Å². The molecule has 1 saturated heterocycles. The van der Waals surface area contributed by atoms with E-state index >= 15 is 0 Å². The summed E-state index contributed by atoms with van der Waals surface area (Å²) in [6.45, 7) is 2.26. The first kappa shape index (κ1) is 23.3. The Labute approximate surface area is 206 Å². The zero-order valence-corrected chi connectivity index (χ0v) is 20.5. The van der Waals surface area contributed by atoms with Crippen molar-refractivity contribution in [3.8, 4) is 11.5 Å². The Hall–Kier alpha value is -3.50. The van der Waals surface area contributed by atoms with Crippen molar-refractivity contribution in [2.45, 2.75) is 19.3 Å². The second-order valence-electron chi connectivity index (χ2n) is 8.75. The molecule has 0 radical (unpaired) electrons. The van der Waals surface area contributed by atoms with E-state index in [0.29, 0.717) is 47.6 Å². The summed E-state index contributed by atoms with van der Waals surface area (Å²) in [5, 5.41) is 0.574. The predicted molar refractivity (Wildman–Crippen MR) is 134 cm³/mol. The van der Waals surface area contributed by atoms with Crippen LogP contribution in [0, 0.1) is 0 Å². The minimum atomic E-state index is -0.248. The molecule has 5 rings (SSSR count). The molecule has 0 saturated carbocycles. The molecule has 2 aromatic carbocycles. The van der Waals surface area contributed by atoms with Crippen LogP contribution in [0.4, 0.5) is 10.8 Å². The van der Waals surface area contributed by atoms with E-state index in [-0.39, 0.29) is 30.6 Å². The van der Waals surface area contributed by atoms with Gasteiger partial charge in [0.05, 0.1) is 15.9 Å². The van der Waals surface area contributed by atoms with Crippen molar-refractivity contribution in [3.05, 3.63) is 42.0 Å². The molecule has 2 aliphatic heterocycles. The third-order valence-corrected chi connectivity index (χ3v) is 6.95. The van der Waals surface area contributed by atoms with E-state index in [2.05, 4.69) is 4.90 Å². The maximum absolute atomic E-state index is 13.7. The molecule has 0 aliphatic carbocycles. The Bertz CT molecular complexity index is 1250. The molecule has 35 heavy (non-hydrogen) atoms. The molecular formula is C25H26N4O5S. The lowest BCUT2D eigenvalue weighted by atomic mass is 10.1. The van der Waals surface area contributed by atoms with Gasteiger partial charge in [0, 0.05) is 37.1 Å². The van der Waals surface area contributed by atoms with Crippen LogP contribution < -0.4 is 19.3 Å². The lowest BCUT2D eigenvalue weighted by Gasteiger charge is -2.22. The van der Waals surface area contributed by atoms with Crippen LogP contribution in [-0.2, 0) is 9.59 Å². The van der Waals surface area contributed by atoms with E-state index in [9.17, 15) is 14.4 Å². The Morgan fingerprint density at radius 3 is 2.46 bits per heavy atom. The number of benzene rings is 2. The largest absolute Gasteiger partial charge is 0.486 e. The van der Waals surface area contributed by atoms with Crippen LogP contribution in [0.25, 0.3) is 10.2 Å². The number of imide groups is 1. The van der Waals surface area contributed by atoms with Gasteiger partial charge >= 0.3 is 0 Å². The van der Waals surface area contributed by atoms with Crippen molar-refractivity contribution in [2.75, 3.05) is 50.2 Å². The van der Waals surface area contributed by atoms with Gasteiger partial charge in [0.2, 0.25) is 11.8 Å². The van der Waals surface area contributed by atoms with Crippen LogP contribution in [0.15, 0.2) is 36.4 Å². The molecule has 0 N–H and O–H groups in total. The van der Waals surface area contributed by atoms with Crippen molar-refractivity contribution < 1.29 is 23.9 Å². The summed E-state index contributed by atoms with van der Waals surface area (Å²) >= 11 is 1.42. The molecule has 3 aromatic rings. The van der Waals surface area contributed by atoms with Crippen molar-refractivity contribution >= 4 is 50.1 Å². The van der Waals surface area contributed by atoms with Crippen LogP contribution in [0.2, 0.25) is 0 Å². The molecule has 0 unspecified atom stereocenters. The highest BCUT2D eigenvalue weighted by atomic mass is 32.1. The summed E-state index contributed by atoms with van der Waals surface area (Å²) in [7, 11) is 3.98. The first-order valence-electron chi connectivity index (χ1n) is 11.5. The molecule has 10 heteroatoms. The van der Waals surface area contributed by atoms with E-state index in [0.717, 1.165) is 28.1 Å². The molecular weight excluding hydrogens is 468 g/mol. The summed E-state index contributed by atoms with van der Waals surface area (Å²) in [4.78, 5) is 47.8. The summed E-state index contributed by atoms with van der Waals surface area (Å²) in [5.74, 6) is 0.598. The van der Waals surface area contributed by atoms with Gasteiger partial charge in [-0.05, 0) is 45.3 Å². The number of rotatable bonds is 7. The number of hydrogen-bond donors (Lipinski definition) is 0. The highest BCUT2D eigenvalue weighted by Gasteiger charge is 2.31. The fourth-order valence-corrected chi connectivity index (χ4v) is 5.20. The molecule has 9 nitrogen and oxygen atoms in total. The van der Waals surface area contributed by atoms with Crippen molar-refractivity contribution in [1.29, 1.82) is 0 Å². The van der Waals surface area contributed by atoms with Crippen molar-refractivity contribution in [2.24, 2.45) is 0 Å². The van der Waals surface area contributed by atoms with E-state index < -0.39 is 0 Å². The number of thiazole rings is 1. The molecule has 1 aromatic heterocycles. The third kappa shape index (κ3) is 4.71. The minimum Gasteiger partial charge on any atom is -0.486 e. The molecule has 3 amide bonds. The monoisotopic (exact) mass is 494 g/mol. The summed E-state index contributed by atoms with van der Waals surface area (Å²) in [5.41, 5.74) is 1.55. The normalized spacial score (nSPS) is 15.3. The Balaban J connectivity index is 1.48. The lowest BCUT2D eigenvalue weighted by molar-refractivity contribution is -0.121. The number of aromatic nitrogens is 1. The Morgan fingerprint density at radius 1 is 1.03 bits per heavy atom. The molecule has 0 spiro atoms. The van der Waals surface area contributed by atoms with Gasteiger partial charge < -0.3 is 14.4 Å². The van der Waals surface area contributed by atoms with E-state index in [4.69, 9.17) is 14.5 Å². The fraction of sp³-hybridized carbons (Fsp3) is 0.360. The van der Waals surface area contributed by atoms with Gasteiger partial charge in [-0.25, -0.2) is 4.98 Å². The van der Waals surface area contributed by atoms with Gasteiger partial charge in [0.25, 0.3) is 5.91 Å². The molecule has 0 atom stereocenters. The minimum absolute atomic E-state index is 0.191. The highest BCUT2D eigenvalue weighted by Crippen LogP contribution is 2.39. The SMILES string of the molecule is CN(C)CCCN(C(=O)c1cccc(N2C(=O)CCC2=O)c1)c1nc2cc3c(cc2s1)OCCO3. The van der Waals surface area contributed by atoms with Crippen LogP contribution in [0.5, 0.6) is 11.5 Å². The second-order valence-corrected chi connectivity index (χ2v) is 9.76. The summed E-state index contributed by atoms with van der Waals surface area (Å²) in [6, 6.07) is 10.4. The maximum atomic E-state index is 13.7. The quantitative estimate of drug-likeness (QED) is 0.465. The Kier molecular flexibility index (Phi) is 6.40. The van der Waals surface area contributed by atoms with E-state index in [1.807, 2.05) is 26.2 Å². The third-order valence-electron chi connectivity index (χ3n) is 5.91. The average Bonchev–Trinajstić information content (AvgIpc) is 3.41. The molecule has 3 heterocycles. The van der Waals surface area contributed by atoms with Crippen LogP contribution in [0.1, 0.15) is 29.6 Å². The zero-order chi connectivity index (χ0) is 24.5. The zero-order valence-electron chi connectivity index (χ0n) is 19.7. The maximum Gasteiger partial charge on any atom is 0.260 e. The number of hydrogen-bond acceptors (Lipinski definition) is 8. The smallest absolute Gasteiger partial charge is 0.260 e. The number of anilines is 2. The number of ether oxygens (including phenoxy) is 2. The first-order valence-corrected chi connectivity index (χ1v) is 12.3. The van der Waals surface area contributed by atoms with E-state index in [1.54, 1.807) is 29.2 Å². The van der Waals surface area contributed by atoms with Crippen LogP contribution >= 0.6 is 11.3 Å². The van der Waals surface area contributed by atoms with Crippen LogP contribution in [-0.4, -0.2) is 68.0 Å². The predicted octanol–water partition coefficient (Wildman–Crippen LogP) is 3.32. The van der Waals surface area contributed by atoms with E-state index in [1.165, 1.54) is 11.3 Å². The summed E-state index contributed by atoms with van der Waals surface area (Å²) in [6.07, 6.45) is 1.13. The van der Waals surface area contributed by atoms with Gasteiger partial charge in [0.15, 0.2) is 16.6 Å². The van der Waals surface area contributed by atoms with Crippen molar-refractivity contribution in [1.82, 2.24) is 9.88 Å². The number of nitrogens with zero attached hydrogens (tertiary/aromatic N) is 4. The van der Waals surface area contributed by atoms with Gasteiger partial charge in [-0.2, -0.15) is 0 Å². The standard InChI is InChI=1S/C25H26N4O5S/c1-27(2)9-4-10-28(25-26-18-14-19-20(15-21(18)35-25)34-12-11-33-19)24(32)16-5-3-6-17(13-16)29-22(30)7-8-23(29)31/h3,5-6,13-15H,4,7-12H2,1-2H3. The van der Waals surface area contributed by atoms with Gasteiger partial charge in [-0.15, -0.1) is 0 Å². The number of fused-ring (bicyclic) bond motifs is 2. The molecule has 1 fully saturated rings. The van der Waals surface area contributed by atoms with Gasteiger partial charge in [-0.3, -0.25) is 24.2 Å². The van der Waals surface area contributed by atoms with Crippen LogP contribution in [0.3, 0.4) is 0 Å². The van der Waals surface area contributed by atoms with Gasteiger partial charge in [-0.1, -0.05) is 17.4 Å². The fourth-order valence-electron chi connectivity index (χ4n) is 4.20. The topological polar surface area (TPSA) is 92.3 Å². The average molecular weight is 495 g/mol. The highest BCUT2D eigenvalue weighted by molar-refractivity contribution is 7.22. The molecule has 2 aliphatic rings. The first-order chi connectivity index (χ1) is 16.9. The Morgan fingerprint density at radius 2 is 1.74 bits per heavy atom. The number of carbonyl (C=O) groups excluding carboxylic acids is 3. The van der Waals surface area contributed by atoms with Crippen molar-refractivity contribution in [3.63, 3.8) is 0 Å². The molecule has 182 valence electrons.